The maximum Gasteiger partial charge on any atom is 0.0975 e. The molecule has 1 atom stereocenters. The van der Waals surface area contributed by atoms with Gasteiger partial charge in [0.05, 0.1) is 22.4 Å². The van der Waals surface area contributed by atoms with Crippen LogP contribution in [-0.2, 0) is 0 Å². The Balaban J connectivity index is 1.85. The van der Waals surface area contributed by atoms with Crippen molar-refractivity contribution in [3.8, 4) is 0 Å². The number of benzene rings is 2. The Bertz CT molecular complexity index is 1080. The summed E-state index contributed by atoms with van der Waals surface area (Å²) in [5, 5.41) is 2.33. The summed E-state index contributed by atoms with van der Waals surface area (Å²) in [6.07, 6.45) is 4.42. The quantitative estimate of drug-likeness (QED) is 0.506. The number of fused-ring (bicyclic) bond motifs is 6. The molecule has 0 saturated carbocycles. The molecular formula is C21H16N2. The van der Waals surface area contributed by atoms with Crippen LogP contribution in [0.3, 0.4) is 0 Å². The summed E-state index contributed by atoms with van der Waals surface area (Å²) in [6, 6.07) is 14.8. The Morgan fingerprint density at radius 1 is 0.957 bits per heavy atom. The maximum atomic E-state index is 4.99. The van der Waals surface area contributed by atoms with Crippen molar-refractivity contribution in [2.75, 3.05) is 0 Å². The van der Waals surface area contributed by atoms with Gasteiger partial charge in [-0.25, -0.2) is 9.98 Å². The van der Waals surface area contributed by atoms with E-state index >= 15 is 0 Å². The lowest BCUT2D eigenvalue weighted by atomic mass is 9.85. The Labute approximate surface area is 134 Å². The lowest BCUT2D eigenvalue weighted by Gasteiger charge is -2.18. The number of pyridine rings is 1. The zero-order chi connectivity index (χ0) is 15.6. The smallest absolute Gasteiger partial charge is 0.0975 e. The Morgan fingerprint density at radius 3 is 2.74 bits per heavy atom. The fourth-order valence-corrected chi connectivity index (χ4v) is 3.56. The minimum absolute atomic E-state index is 0.373. The van der Waals surface area contributed by atoms with Crippen LogP contribution in [0.5, 0.6) is 0 Å². The molecule has 1 aromatic heterocycles. The van der Waals surface area contributed by atoms with E-state index in [4.69, 9.17) is 9.98 Å². The van der Waals surface area contributed by atoms with Crippen molar-refractivity contribution in [2.45, 2.75) is 13.8 Å². The van der Waals surface area contributed by atoms with Crippen molar-refractivity contribution in [2.24, 2.45) is 10.9 Å². The minimum atomic E-state index is 0.373. The molecule has 110 valence electrons. The summed E-state index contributed by atoms with van der Waals surface area (Å²) >= 11 is 0. The molecule has 3 aromatic rings. The number of nitrogens with zero attached hydrogens (tertiary/aromatic N) is 2. The van der Waals surface area contributed by atoms with E-state index in [1.54, 1.807) is 0 Å². The predicted octanol–water partition coefficient (Wildman–Crippen LogP) is 5.45. The lowest BCUT2D eigenvalue weighted by molar-refractivity contribution is 0.917. The monoisotopic (exact) mass is 296 g/mol. The van der Waals surface area contributed by atoms with E-state index in [2.05, 4.69) is 62.4 Å². The zero-order valence-corrected chi connectivity index (χ0v) is 13.2. The largest absolute Gasteiger partial charge is 0.249 e. The van der Waals surface area contributed by atoms with Crippen LogP contribution in [0.15, 0.2) is 65.2 Å². The number of hydrogen-bond donors (Lipinski definition) is 0. The van der Waals surface area contributed by atoms with Gasteiger partial charge in [-0.15, -0.1) is 0 Å². The number of para-hydroxylation sites is 1. The summed E-state index contributed by atoms with van der Waals surface area (Å²) in [5.41, 5.74) is 8.09. The van der Waals surface area contributed by atoms with Crippen molar-refractivity contribution in [3.05, 3.63) is 65.8 Å². The molecule has 5 rings (SSSR count). The van der Waals surface area contributed by atoms with Crippen LogP contribution < -0.4 is 0 Å². The van der Waals surface area contributed by atoms with Crippen LogP contribution in [0.2, 0.25) is 0 Å². The van der Waals surface area contributed by atoms with E-state index in [1.807, 2.05) is 6.07 Å². The summed E-state index contributed by atoms with van der Waals surface area (Å²) in [6.45, 7) is 4.40. The highest BCUT2D eigenvalue weighted by molar-refractivity contribution is 6.33. The van der Waals surface area contributed by atoms with Gasteiger partial charge in [0.15, 0.2) is 0 Å². The topological polar surface area (TPSA) is 25.2 Å². The number of aliphatic imine (C=N–C) groups is 1. The second-order valence-electron chi connectivity index (χ2n) is 6.42. The third kappa shape index (κ3) is 1.69. The summed E-state index contributed by atoms with van der Waals surface area (Å²) in [5.74, 6) is 0.373. The molecular weight excluding hydrogens is 280 g/mol. The molecule has 2 nitrogen and oxygen atoms in total. The third-order valence-electron chi connectivity index (χ3n) is 5.07. The van der Waals surface area contributed by atoms with E-state index < -0.39 is 0 Å². The van der Waals surface area contributed by atoms with Crippen molar-refractivity contribution >= 4 is 38.8 Å². The highest BCUT2D eigenvalue weighted by atomic mass is 14.8. The summed E-state index contributed by atoms with van der Waals surface area (Å²) in [7, 11) is 0. The van der Waals surface area contributed by atoms with E-state index in [0.29, 0.717) is 5.92 Å². The van der Waals surface area contributed by atoms with E-state index in [1.165, 1.54) is 27.8 Å². The maximum absolute atomic E-state index is 4.99. The molecule has 2 heterocycles. The first-order chi connectivity index (χ1) is 11.2. The molecule has 0 radical (unpaired) electrons. The van der Waals surface area contributed by atoms with Gasteiger partial charge in [0.25, 0.3) is 0 Å². The van der Waals surface area contributed by atoms with Crippen molar-refractivity contribution in [3.63, 3.8) is 0 Å². The molecule has 0 amide bonds. The number of rotatable bonds is 0. The van der Waals surface area contributed by atoms with E-state index in [-0.39, 0.29) is 0 Å². The first-order valence-electron chi connectivity index (χ1n) is 8.03. The average Bonchev–Trinajstić information content (AvgIpc) is 2.96. The predicted molar refractivity (Wildman–Crippen MR) is 97.2 cm³/mol. The van der Waals surface area contributed by atoms with Gasteiger partial charge < -0.3 is 0 Å². The van der Waals surface area contributed by atoms with Gasteiger partial charge in [-0.1, -0.05) is 55.0 Å². The van der Waals surface area contributed by atoms with Crippen LogP contribution >= 0.6 is 0 Å². The van der Waals surface area contributed by atoms with Gasteiger partial charge in [0.1, 0.15) is 0 Å². The minimum Gasteiger partial charge on any atom is -0.249 e. The Hall–Kier alpha value is -2.74. The van der Waals surface area contributed by atoms with Gasteiger partial charge >= 0.3 is 0 Å². The van der Waals surface area contributed by atoms with Gasteiger partial charge in [-0.05, 0) is 19.1 Å². The van der Waals surface area contributed by atoms with Gasteiger partial charge in [-0.2, -0.15) is 0 Å². The molecule has 1 aliphatic carbocycles. The number of hydrogen-bond acceptors (Lipinski definition) is 2. The molecule has 0 fully saturated rings. The third-order valence-corrected chi connectivity index (χ3v) is 5.07. The van der Waals surface area contributed by atoms with Crippen molar-refractivity contribution in [1.82, 2.24) is 4.98 Å². The molecule has 0 spiro atoms. The zero-order valence-electron chi connectivity index (χ0n) is 13.2. The average molecular weight is 296 g/mol. The molecule has 0 bridgehead atoms. The molecule has 2 aliphatic rings. The van der Waals surface area contributed by atoms with Crippen LogP contribution in [0.1, 0.15) is 19.4 Å². The first-order valence-corrected chi connectivity index (χ1v) is 8.03. The van der Waals surface area contributed by atoms with Crippen LogP contribution in [-0.4, -0.2) is 10.7 Å². The van der Waals surface area contributed by atoms with Crippen LogP contribution in [0.25, 0.3) is 27.4 Å². The Morgan fingerprint density at radius 2 is 1.83 bits per heavy atom. The second-order valence-corrected chi connectivity index (χ2v) is 6.42. The summed E-state index contributed by atoms with van der Waals surface area (Å²) < 4.78 is 0. The summed E-state index contributed by atoms with van der Waals surface area (Å²) in [4.78, 5) is 9.89. The van der Waals surface area contributed by atoms with E-state index in [9.17, 15) is 0 Å². The highest BCUT2D eigenvalue weighted by Crippen LogP contribution is 2.44. The van der Waals surface area contributed by atoms with Crippen molar-refractivity contribution < 1.29 is 0 Å². The number of allylic oxidation sites excluding steroid dienone is 4. The lowest BCUT2D eigenvalue weighted by Crippen LogP contribution is -2.14. The molecule has 1 aliphatic heterocycles. The molecule has 0 saturated heterocycles. The van der Waals surface area contributed by atoms with Crippen molar-refractivity contribution in [1.29, 1.82) is 0 Å². The normalized spacial score (nSPS) is 19.2. The van der Waals surface area contributed by atoms with Gasteiger partial charge in [-0.3, -0.25) is 0 Å². The molecule has 0 N–H and O–H groups in total. The van der Waals surface area contributed by atoms with Crippen LogP contribution in [0, 0.1) is 5.92 Å². The molecule has 23 heavy (non-hydrogen) atoms. The van der Waals surface area contributed by atoms with Gasteiger partial charge in [0.2, 0.25) is 0 Å². The standard InChI is InChI=1S/C21H16N2/c1-12-7-9-16-17-10-8-15-11-14-5-3-4-6-18(14)22-20(15)21(17)23-19(16)13(12)2/h3-11,13H,1-2H3. The second kappa shape index (κ2) is 4.39. The molecule has 1 unspecified atom stereocenters. The fraction of sp³-hybridized carbons (Fsp3) is 0.143. The highest BCUT2D eigenvalue weighted by Gasteiger charge is 2.29. The first kappa shape index (κ1) is 12.8. The molecule has 2 aromatic carbocycles. The molecule has 2 heteroatoms. The van der Waals surface area contributed by atoms with Crippen LogP contribution in [0.4, 0.5) is 5.69 Å². The van der Waals surface area contributed by atoms with Gasteiger partial charge in [0, 0.05) is 27.8 Å². The van der Waals surface area contributed by atoms with E-state index in [0.717, 1.165) is 22.1 Å². The SMILES string of the molecule is CC1=CC=C2C(=Nc3c2ccc2cc4ccccc4nc32)C1C. The number of aromatic nitrogens is 1. The Kier molecular flexibility index (Phi) is 2.44. The fourth-order valence-electron chi connectivity index (χ4n) is 3.56.